The van der Waals surface area contributed by atoms with Gasteiger partial charge >= 0.3 is 0 Å². The molecule has 1 heterocycles. The van der Waals surface area contributed by atoms with Gasteiger partial charge < -0.3 is 4.90 Å². The smallest absolute Gasteiger partial charge is 0.255 e. The first-order valence-corrected chi connectivity index (χ1v) is 3.88. The van der Waals surface area contributed by atoms with Gasteiger partial charge in [-0.3, -0.25) is 0 Å². The molecule has 1 rings (SSSR count). The predicted molar refractivity (Wildman–Crippen MR) is 46.0 cm³/mol. The van der Waals surface area contributed by atoms with Crippen molar-refractivity contribution in [1.82, 2.24) is 9.97 Å². The lowest BCUT2D eigenvalue weighted by Gasteiger charge is -2.17. The Morgan fingerprint density at radius 3 is 2.77 bits per heavy atom. The summed E-state index contributed by atoms with van der Waals surface area (Å²) in [5, 5.41) is 0. The van der Waals surface area contributed by atoms with Crippen molar-refractivity contribution < 1.29 is 8.78 Å². The van der Waals surface area contributed by atoms with Crippen molar-refractivity contribution in [3.8, 4) is 0 Å². The van der Waals surface area contributed by atoms with Gasteiger partial charge in [-0.1, -0.05) is 0 Å². The Bertz CT molecular complexity index is 278. The summed E-state index contributed by atoms with van der Waals surface area (Å²) in [6.07, 6.45) is -0.792. The van der Waals surface area contributed by atoms with E-state index in [1.165, 1.54) is 4.90 Å². The van der Waals surface area contributed by atoms with Crippen molar-refractivity contribution in [2.75, 3.05) is 18.5 Å². The zero-order chi connectivity index (χ0) is 9.84. The lowest BCUT2D eigenvalue weighted by molar-refractivity contribution is 0.156. The fourth-order valence-corrected chi connectivity index (χ4v) is 0.957. The van der Waals surface area contributed by atoms with Crippen LogP contribution in [0.1, 0.15) is 5.82 Å². The van der Waals surface area contributed by atoms with E-state index in [9.17, 15) is 8.78 Å². The summed E-state index contributed by atoms with van der Waals surface area (Å²) in [5.74, 6) is 1.10. The van der Waals surface area contributed by atoms with E-state index in [0.717, 1.165) is 0 Å². The van der Waals surface area contributed by atoms with E-state index in [1.54, 1.807) is 26.2 Å². The molecule has 0 radical (unpaired) electrons. The molecule has 0 aromatic carbocycles. The first-order valence-electron chi connectivity index (χ1n) is 3.88. The van der Waals surface area contributed by atoms with E-state index in [1.807, 2.05) is 0 Å². The Balaban J connectivity index is 2.71. The highest BCUT2D eigenvalue weighted by molar-refractivity contribution is 5.35. The molecule has 1 aromatic rings. The molecule has 1 aromatic heterocycles. The highest BCUT2D eigenvalue weighted by Crippen LogP contribution is 2.08. The Kier molecular flexibility index (Phi) is 3.11. The van der Waals surface area contributed by atoms with Crippen LogP contribution >= 0.6 is 0 Å². The van der Waals surface area contributed by atoms with Crippen molar-refractivity contribution >= 4 is 5.82 Å². The Labute approximate surface area is 75.4 Å². The summed E-state index contributed by atoms with van der Waals surface area (Å²) in [5.41, 5.74) is 0. The quantitative estimate of drug-likeness (QED) is 0.717. The van der Waals surface area contributed by atoms with Crippen molar-refractivity contribution in [3.63, 3.8) is 0 Å². The van der Waals surface area contributed by atoms with Gasteiger partial charge in [0.05, 0.1) is 6.54 Å². The Morgan fingerprint density at radius 1 is 1.54 bits per heavy atom. The molecular weight excluding hydrogens is 176 g/mol. The van der Waals surface area contributed by atoms with E-state index in [-0.39, 0.29) is 6.54 Å². The van der Waals surface area contributed by atoms with Crippen molar-refractivity contribution in [1.29, 1.82) is 0 Å². The molecule has 0 aliphatic heterocycles. The average molecular weight is 187 g/mol. The number of aryl methyl sites for hydroxylation is 1. The first-order chi connectivity index (χ1) is 6.09. The molecule has 0 N–H and O–H groups in total. The standard InChI is InChI=1S/C8H11F2N3/c1-6-11-4-3-8(12-6)13(2)5-7(9)10/h3-4,7H,5H2,1-2H3. The van der Waals surface area contributed by atoms with Gasteiger partial charge in [0.25, 0.3) is 6.43 Å². The van der Waals surface area contributed by atoms with Crippen LogP contribution in [-0.2, 0) is 0 Å². The van der Waals surface area contributed by atoms with Crippen LogP contribution in [0.15, 0.2) is 12.3 Å². The van der Waals surface area contributed by atoms with Crippen LogP contribution in [0.2, 0.25) is 0 Å². The molecule has 0 bridgehead atoms. The SMILES string of the molecule is Cc1nccc(N(C)CC(F)F)n1. The maximum absolute atomic E-state index is 12.0. The third kappa shape index (κ3) is 2.93. The van der Waals surface area contributed by atoms with E-state index < -0.39 is 6.43 Å². The van der Waals surface area contributed by atoms with Crippen LogP contribution in [0, 0.1) is 6.92 Å². The normalized spacial score (nSPS) is 10.5. The number of hydrogen-bond acceptors (Lipinski definition) is 3. The van der Waals surface area contributed by atoms with Crippen LogP contribution in [0.5, 0.6) is 0 Å². The minimum Gasteiger partial charge on any atom is -0.354 e. The second-order valence-electron chi connectivity index (χ2n) is 2.73. The summed E-state index contributed by atoms with van der Waals surface area (Å²) >= 11 is 0. The molecule has 3 nitrogen and oxygen atoms in total. The number of halogens is 2. The topological polar surface area (TPSA) is 29.0 Å². The van der Waals surface area contributed by atoms with Gasteiger partial charge in [-0.25, -0.2) is 18.7 Å². The number of alkyl halides is 2. The van der Waals surface area contributed by atoms with Crippen LogP contribution in [-0.4, -0.2) is 30.0 Å². The predicted octanol–water partition coefficient (Wildman–Crippen LogP) is 1.49. The van der Waals surface area contributed by atoms with Crippen molar-refractivity contribution in [2.24, 2.45) is 0 Å². The van der Waals surface area contributed by atoms with Crippen LogP contribution in [0.4, 0.5) is 14.6 Å². The monoisotopic (exact) mass is 187 g/mol. The van der Waals surface area contributed by atoms with Gasteiger partial charge in [0.2, 0.25) is 0 Å². The van der Waals surface area contributed by atoms with E-state index in [2.05, 4.69) is 9.97 Å². The second kappa shape index (κ2) is 4.11. The number of nitrogens with zero attached hydrogens (tertiary/aromatic N) is 3. The third-order valence-electron chi connectivity index (χ3n) is 1.56. The molecule has 0 unspecified atom stereocenters. The van der Waals surface area contributed by atoms with E-state index >= 15 is 0 Å². The molecule has 13 heavy (non-hydrogen) atoms. The van der Waals surface area contributed by atoms with Crippen LogP contribution in [0.3, 0.4) is 0 Å². The third-order valence-corrected chi connectivity index (χ3v) is 1.56. The van der Waals surface area contributed by atoms with E-state index in [4.69, 9.17) is 0 Å². The van der Waals surface area contributed by atoms with Gasteiger partial charge in [-0.15, -0.1) is 0 Å². The minimum atomic E-state index is -2.35. The number of anilines is 1. The van der Waals surface area contributed by atoms with Crippen molar-refractivity contribution in [2.45, 2.75) is 13.3 Å². The molecule has 0 spiro atoms. The minimum absolute atomic E-state index is 0.309. The van der Waals surface area contributed by atoms with Gasteiger partial charge in [0.1, 0.15) is 11.6 Å². The maximum atomic E-state index is 12.0. The molecule has 72 valence electrons. The Morgan fingerprint density at radius 2 is 2.23 bits per heavy atom. The summed E-state index contributed by atoms with van der Waals surface area (Å²) in [6, 6.07) is 1.61. The van der Waals surface area contributed by atoms with Gasteiger partial charge in [-0.2, -0.15) is 0 Å². The van der Waals surface area contributed by atoms with E-state index in [0.29, 0.717) is 11.6 Å². The fourth-order valence-electron chi connectivity index (χ4n) is 0.957. The van der Waals surface area contributed by atoms with Crippen molar-refractivity contribution in [3.05, 3.63) is 18.1 Å². The molecule has 0 fully saturated rings. The molecule has 0 amide bonds. The lowest BCUT2D eigenvalue weighted by Crippen LogP contribution is -2.25. The van der Waals surface area contributed by atoms with Crippen LogP contribution in [0.25, 0.3) is 0 Å². The largest absolute Gasteiger partial charge is 0.354 e. The molecule has 0 saturated heterocycles. The number of aromatic nitrogens is 2. The molecule has 5 heteroatoms. The molecule has 0 atom stereocenters. The van der Waals surface area contributed by atoms with Crippen LogP contribution < -0.4 is 4.90 Å². The van der Waals surface area contributed by atoms with Gasteiger partial charge in [-0.05, 0) is 13.0 Å². The zero-order valence-corrected chi connectivity index (χ0v) is 7.54. The summed E-state index contributed by atoms with van der Waals surface area (Å²) < 4.78 is 24.0. The zero-order valence-electron chi connectivity index (χ0n) is 7.54. The second-order valence-corrected chi connectivity index (χ2v) is 2.73. The average Bonchev–Trinajstić information content (AvgIpc) is 2.03. The molecule has 0 aliphatic carbocycles. The number of hydrogen-bond donors (Lipinski definition) is 0. The first kappa shape index (κ1) is 9.83. The molecule has 0 aliphatic rings. The molecular formula is C8H11F2N3. The summed E-state index contributed by atoms with van der Waals surface area (Å²) in [4.78, 5) is 9.29. The fraction of sp³-hybridized carbons (Fsp3) is 0.500. The van der Waals surface area contributed by atoms with Gasteiger partial charge in [0.15, 0.2) is 0 Å². The summed E-state index contributed by atoms with van der Waals surface area (Å²) in [7, 11) is 1.58. The lowest BCUT2D eigenvalue weighted by atomic mass is 10.5. The van der Waals surface area contributed by atoms with Gasteiger partial charge in [0, 0.05) is 13.2 Å². The number of rotatable bonds is 3. The summed E-state index contributed by atoms with van der Waals surface area (Å²) in [6.45, 7) is 1.41. The maximum Gasteiger partial charge on any atom is 0.255 e. The Hall–Kier alpha value is -1.26. The highest BCUT2D eigenvalue weighted by Gasteiger charge is 2.09. The highest BCUT2D eigenvalue weighted by atomic mass is 19.3. The molecule has 0 saturated carbocycles.